The molecule has 2 aromatic heterocycles. The second kappa shape index (κ2) is 10.1. The fourth-order valence-corrected chi connectivity index (χ4v) is 5.82. The molecule has 1 aromatic carbocycles. The van der Waals surface area contributed by atoms with Gasteiger partial charge in [-0.15, -0.1) is 6.58 Å². The molecule has 2 fully saturated rings. The highest BCUT2D eigenvalue weighted by Crippen LogP contribution is 2.33. The lowest BCUT2D eigenvalue weighted by atomic mass is 10.2. The molecule has 5 rings (SSSR count). The number of anilines is 2. The van der Waals surface area contributed by atoms with Crippen molar-refractivity contribution in [1.82, 2.24) is 14.3 Å². The van der Waals surface area contributed by atoms with E-state index in [0.29, 0.717) is 50.9 Å². The summed E-state index contributed by atoms with van der Waals surface area (Å²) in [5.74, 6) is 0.346. The van der Waals surface area contributed by atoms with Crippen molar-refractivity contribution >= 4 is 69.0 Å². The summed E-state index contributed by atoms with van der Waals surface area (Å²) in [7, 11) is 0. The lowest BCUT2D eigenvalue weighted by Gasteiger charge is -2.37. The van der Waals surface area contributed by atoms with Crippen molar-refractivity contribution in [3.8, 4) is 0 Å². The number of hydrogen-bond donors (Lipinski definition) is 0. The van der Waals surface area contributed by atoms with E-state index in [1.165, 1.54) is 21.1 Å². The van der Waals surface area contributed by atoms with Gasteiger partial charge >= 0.3 is 0 Å². The van der Waals surface area contributed by atoms with E-state index < -0.39 is 0 Å². The first-order valence-electron chi connectivity index (χ1n) is 11.5. The molecule has 2 aliphatic rings. The van der Waals surface area contributed by atoms with Gasteiger partial charge in [-0.1, -0.05) is 53.8 Å². The minimum absolute atomic E-state index is 0.218. The quantitative estimate of drug-likeness (QED) is 0.272. The Balaban J connectivity index is 1.54. The molecule has 0 unspecified atom stereocenters. The van der Waals surface area contributed by atoms with Crippen LogP contribution in [0.1, 0.15) is 11.1 Å². The van der Waals surface area contributed by atoms with Gasteiger partial charge in [0.25, 0.3) is 11.5 Å². The number of carbonyl (C=O) groups is 1. The summed E-state index contributed by atoms with van der Waals surface area (Å²) in [6.45, 7) is 8.78. The van der Waals surface area contributed by atoms with Gasteiger partial charge in [0.15, 0.2) is 0 Å². The summed E-state index contributed by atoms with van der Waals surface area (Å²) < 4.78 is 1.99. The van der Waals surface area contributed by atoms with Gasteiger partial charge in [0, 0.05) is 49.6 Å². The number of thiocarbonyl (C=S) groups is 1. The molecule has 0 spiro atoms. The normalized spacial score (nSPS) is 17.5. The average molecular weight is 538 g/mol. The molecule has 36 heavy (non-hydrogen) atoms. The number of pyridine rings is 1. The Labute approximate surface area is 223 Å². The van der Waals surface area contributed by atoms with Gasteiger partial charge in [0.05, 0.1) is 10.5 Å². The van der Waals surface area contributed by atoms with Gasteiger partial charge < -0.3 is 9.80 Å². The number of benzene rings is 1. The SMILES string of the molecule is C=CCN1C(=O)C(=Cc2c(N3CCN(c4cccc(Cl)c4)CC3)nc3ccc(C)cn3c2=O)SC1=S. The fourth-order valence-electron chi connectivity index (χ4n) is 4.38. The number of halogens is 1. The third kappa shape index (κ3) is 4.66. The molecule has 1 amide bonds. The van der Waals surface area contributed by atoms with Gasteiger partial charge in [0.1, 0.15) is 15.8 Å². The zero-order chi connectivity index (χ0) is 25.4. The number of fused-ring (bicyclic) bond motifs is 1. The van der Waals surface area contributed by atoms with Crippen molar-refractivity contribution in [3.05, 3.63) is 86.7 Å². The van der Waals surface area contributed by atoms with Crippen LogP contribution in [0.4, 0.5) is 11.5 Å². The minimum atomic E-state index is -0.227. The highest BCUT2D eigenvalue weighted by Gasteiger charge is 2.32. The predicted octanol–water partition coefficient (Wildman–Crippen LogP) is 4.37. The zero-order valence-electron chi connectivity index (χ0n) is 19.7. The van der Waals surface area contributed by atoms with E-state index in [-0.39, 0.29) is 11.5 Å². The Bertz CT molecular complexity index is 1480. The molecule has 0 saturated carbocycles. The van der Waals surface area contributed by atoms with Crippen LogP contribution in [-0.2, 0) is 4.79 Å². The summed E-state index contributed by atoms with van der Waals surface area (Å²) in [4.78, 5) is 37.8. The molecule has 10 heteroatoms. The van der Waals surface area contributed by atoms with E-state index in [0.717, 1.165) is 24.3 Å². The second-order valence-corrected chi connectivity index (χ2v) is 10.7. The monoisotopic (exact) mass is 537 g/mol. The minimum Gasteiger partial charge on any atom is -0.368 e. The maximum absolute atomic E-state index is 13.7. The Hall–Kier alpha value is -3.14. The van der Waals surface area contributed by atoms with Crippen LogP contribution < -0.4 is 15.4 Å². The number of amides is 1. The van der Waals surface area contributed by atoms with Crippen LogP contribution in [0.25, 0.3) is 11.7 Å². The van der Waals surface area contributed by atoms with Gasteiger partial charge in [0.2, 0.25) is 0 Å². The van der Waals surface area contributed by atoms with E-state index >= 15 is 0 Å². The molecular formula is C26H24ClN5O2S2. The fraction of sp³-hybridized carbons (Fsp3) is 0.231. The summed E-state index contributed by atoms with van der Waals surface area (Å²) in [6.07, 6.45) is 5.05. The van der Waals surface area contributed by atoms with Crippen LogP contribution in [0.15, 0.2) is 64.9 Å². The Morgan fingerprint density at radius 3 is 2.61 bits per heavy atom. The molecule has 184 valence electrons. The smallest absolute Gasteiger partial charge is 0.267 e. The predicted molar refractivity (Wildman–Crippen MR) is 152 cm³/mol. The van der Waals surface area contributed by atoms with Crippen molar-refractivity contribution in [3.63, 3.8) is 0 Å². The summed E-state index contributed by atoms with van der Waals surface area (Å²) in [5.41, 5.74) is 2.74. The number of carbonyl (C=O) groups excluding carboxylic acids is 1. The number of piperazine rings is 1. The van der Waals surface area contributed by atoms with Crippen molar-refractivity contribution in [2.24, 2.45) is 0 Å². The molecule has 2 aliphatic heterocycles. The van der Waals surface area contributed by atoms with E-state index in [1.807, 2.05) is 43.3 Å². The lowest BCUT2D eigenvalue weighted by Crippen LogP contribution is -2.47. The van der Waals surface area contributed by atoms with Gasteiger partial charge in [-0.2, -0.15) is 0 Å². The summed E-state index contributed by atoms with van der Waals surface area (Å²) in [6, 6.07) is 11.6. The molecule has 2 saturated heterocycles. The molecular weight excluding hydrogens is 514 g/mol. The topological polar surface area (TPSA) is 61.2 Å². The number of nitrogens with zero attached hydrogens (tertiary/aromatic N) is 5. The largest absolute Gasteiger partial charge is 0.368 e. The van der Waals surface area contributed by atoms with Crippen LogP contribution >= 0.6 is 35.6 Å². The maximum Gasteiger partial charge on any atom is 0.267 e. The molecule has 0 bridgehead atoms. The molecule has 7 nitrogen and oxygen atoms in total. The van der Waals surface area contributed by atoms with Gasteiger partial charge in [-0.05, 0) is 42.8 Å². The zero-order valence-corrected chi connectivity index (χ0v) is 22.1. The van der Waals surface area contributed by atoms with Crippen LogP contribution in [-0.4, -0.2) is 57.2 Å². The van der Waals surface area contributed by atoms with E-state index in [9.17, 15) is 9.59 Å². The number of rotatable bonds is 5. The highest BCUT2D eigenvalue weighted by atomic mass is 35.5. The van der Waals surface area contributed by atoms with E-state index in [2.05, 4.69) is 16.4 Å². The first kappa shape index (κ1) is 24.5. The van der Waals surface area contributed by atoms with Crippen LogP contribution in [0.5, 0.6) is 0 Å². The average Bonchev–Trinajstić information content (AvgIpc) is 3.14. The molecule has 4 heterocycles. The summed E-state index contributed by atoms with van der Waals surface area (Å²) in [5, 5.41) is 0.700. The first-order valence-corrected chi connectivity index (χ1v) is 13.1. The Morgan fingerprint density at radius 1 is 1.14 bits per heavy atom. The van der Waals surface area contributed by atoms with Crippen molar-refractivity contribution in [1.29, 1.82) is 0 Å². The third-order valence-electron chi connectivity index (χ3n) is 6.20. The molecule has 0 atom stereocenters. The maximum atomic E-state index is 13.7. The van der Waals surface area contributed by atoms with E-state index in [4.69, 9.17) is 28.8 Å². The first-order chi connectivity index (χ1) is 17.4. The lowest BCUT2D eigenvalue weighted by molar-refractivity contribution is -0.121. The van der Waals surface area contributed by atoms with E-state index in [1.54, 1.807) is 18.3 Å². The van der Waals surface area contributed by atoms with Gasteiger partial charge in [-0.25, -0.2) is 4.98 Å². The number of thioether (sulfide) groups is 1. The highest BCUT2D eigenvalue weighted by molar-refractivity contribution is 8.26. The molecule has 0 radical (unpaired) electrons. The van der Waals surface area contributed by atoms with Crippen molar-refractivity contribution in [2.45, 2.75) is 6.92 Å². The second-order valence-electron chi connectivity index (χ2n) is 8.62. The third-order valence-corrected chi connectivity index (χ3v) is 7.81. The van der Waals surface area contributed by atoms with Gasteiger partial charge in [-0.3, -0.25) is 18.9 Å². The molecule has 0 aliphatic carbocycles. The van der Waals surface area contributed by atoms with Crippen molar-refractivity contribution in [2.75, 3.05) is 42.5 Å². The Morgan fingerprint density at radius 2 is 1.89 bits per heavy atom. The standard InChI is InChI=1S/C26H24ClN5O2S2/c1-3-9-31-25(34)21(36-26(31)35)15-20-23(28-22-8-7-17(2)16-32(22)24(20)33)30-12-10-29(11-13-30)19-6-4-5-18(27)14-19/h3-8,14-16H,1,9-13H2,2H3. The number of hydrogen-bond acceptors (Lipinski definition) is 7. The summed E-state index contributed by atoms with van der Waals surface area (Å²) >= 11 is 12.8. The van der Waals surface area contributed by atoms with Crippen LogP contribution in [0, 0.1) is 6.92 Å². The number of aryl methyl sites for hydroxylation is 1. The van der Waals surface area contributed by atoms with Crippen LogP contribution in [0.3, 0.4) is 0 Å². The molecule has 0 N–H and O–H groups in total. The number of aromatic nitrogens is 2. The van der Waals surface area contributed by atoms with Crippen molar-refractivity contribution < 1.29 is 4.79 Å². The Kier molecular flexibility index (Phi) is 6.87. The van der Waals surface area contributed by atoms with Crippen LogP contribution in [0.2, 0.25) is 5.02 Å². The molecule has 3 aromatic rings.